The zero-order chi connectivity index (χ0) is 6.27. The van der Waals surface area contributed by atoms with Gasteiger partial charge in [0.2, 0.25) is 0 Å². The second-order valence-corrected chi connectivity index (χ2v) is 2.19. The first kappa shape index (κ1) is 7.28. The summed E-state index contributed by atoms with van der Waals surface area (Å²) < 4.78 is 0. The number of nitrogens with one attached hydrogen (secondary N) is 1. The maximum absolute atomic E-state index is 10.9. The minimum Gasteiger partial charge on any atom is -0.294 e. The van der Waals surface area contributed by atoms with Crippen LogP contribution in [0.5, 0.6) is 0 Å². The minimum atomic E-state index is 0. The average Bonchev–Trinajstić information content (AvgIpc) is 2.35. The number of carbonyl (C=O) groups excluding carboxylic acids is 1. The number of H-pyrrole nitrogens is 1. The molecule has 0 spiro atoms. The van der Waals surface area contributed by atoms with Crippen molar-refractivity contribution in [2.45, 2.75) is 12.8 Å². The first-order chi connectivity index (χ1) is 4.38. The smallest absolute Gasteiger partial charge is 0.166 e. The lowest BCUT2D eigenvalue weighted by molar-refractivity contribution is 0.0994. The Morgan fingerprint density at radius 2 is 2.30 bits per heavy atom. The predicted octanol–water partition coefficient (Wildman–Crippen LogP) is 0.960. The molecule has 1 aliphatic carbocycles. The monoisotopic (exact) mass is 158 g/mol. The summed E-state index contributed by atoms with van der Waals surface area (Å²) >= 11 is 0. The van der Waals surface area contributed by atoms with Gasteiger partial charge in [-0.2, -0.15) is 5.10 Å². The van der Waals surface area contributed by atoms with Crippen LogP contribution in [0.15, 0.2) is 6.20 Å². The Morgan fingerprint density at radius 3 is 3.00 bits per heavy atom. The maximum atomic E-state index is 10.9. The van der Waals surface area contributed by atoms with Crippen molar-refractivity contribution < 1.29 is 4.79 Å². The highest BCUT2D eigenvalue weighted by Crippen LogP contribution is 2.17. The number of hydrogen-bond acceptors (Lipinski definition) is 2. The van der Waals surface area contributed by atoms with Gasteiger partial charge in [-0.25, -0.2) is 0 Å². The van der Waals surface area contributed by atoms with Crippen molar-refractivity contribution in [2.24, 2.45) is 0 Å². The lowest BCUT2D eigenvalue weighted by Gasteiger charge is -1.77. The Balaban J connectivity index is 0.000000500. The first-order valence-electron chi connectivity index (χ1n) is 2.93. The van der Waals surface area contributed by atoms with Gasteiger partial charge < -0.3 is 0 Å². The van der Waals surface area contributed by atoms with E-state index in [0.717, 1.165) is 17.7 Å². The van der Waals surface area contributed by atoms with Crippen LogP contribution in [0.4, 0.5) is 0 Å². The number of aromatic amines is 1. The van der Waals surface area contributed by atoms with Crippen molar-refractivity contribution in [1.82, 2.24) is 10.2 Å². The van der Waals surface area contributed by atoms with Gasteiger partial charge in [-0.15, -0.1) is 12.4 Å². The average molecular weight is 159 g/mol. The third-order valence-electron chi connectivity index (χ3n) is 1.62. The molecule has 0 unspecified atom stereocenters. The molecule has 1 heterocycles. The summed E-state index contributed by atoms with van der Waals surface area (Å²) in [5.41, 5.74) is 1.79. The molecular weight excluding hydrogens is 152 g/mol. The summed E-state index contributed by atoms with van der Waals surface area (Å²) in [5.74, 6) is 0.221. The van der Waals surface area contributed by atoms with E-state index >= 15 is 0 Å². The summed E-state index contributed by atoms with van der Waals surface area (Å²) in [6.45, 7) is 0. The van der Waals surface area contributed by atoms with Crippen LogP contribution in [0.2, 0.25) is 0 Å². The van der Waals surface area contributed by atoms with E-state index in [-0.39, 0.29) is 18.2 Å². The molecule has 4 heteroatoms. The number of hydrogen-bond donors (Lipinski definition) is 1. The zero-order valence-electron chi connectivity index (χ0n) is 5.26. The predicted molar refractivity (Wildman–Crippen MR) is 38.5 cm³/mol. The molecule has 0 radical (unpaired) electrons. The Hall–Kier alpha value is -0.830. The molecule has 1 N–H and O–H groups in total. The van der Waals surface area contributed by atoms with Gasteiger partial charge in [0, 0.05) is 12.1 Å². The maximum Gasteiger partial charge on any atom is 0.166 e. The highest BCUT2D eigenvalue weighted by molar-refractivity contribution is 5.99. The normalized spacial score (nSPS) is 14.6. The number of ketones is 1. The summed E-state index contributed by atoms with van der Waals surface area (Å²) in [6.07, 6.45) is 3.10. The molecule has 0 aliphatic heterocycles. The van der Waals surface area contributed by atoms with Crippen LogP contribution in [0.25, 0.3) is 0 Å². The van der Waals surface area contributed by atoms with Crippen LogP contribution in [0.3, 0.4) is 0 Å². The van der Waals surface area contributed by atoms with Gasteiger partial charge in [-0.1, -0.05) is 0 Å². The number of carbonyl (C=O) groups is 1. The molecule has 0 atom stereocenters. The molecule has 1 aliphatic rings. The number of Topliss-reactive ketones (excluding diaryl/α,β-unsaturated/α-hetero) is 1. The van der Waals surface area contributed by atoms with Gasteiger partial charge in [0.25, 0.3) is 0 Å². The summed E-state index contributed by atoms with van der Waals surface area (Å²) in [4.78, 5) is 10.9. The van der Waals surface area contributed by atoms with E-state index < -0.39 is 0 Å². The van der Waals surface area contributed by atoms with E-state index in [1.165, 1.54) is 0 Å². The van der Waals surface area contributed by atoms with E-state index in [1.54, 1.807) is 6.20 Å². The van der Waals surface area contributed by atoms with Gasteiger partial charge >= 0.3 is 0 Å². The van der Waals surface area contributed by atoms with Crippen molar-refractivity contribution >= 4 is 18.2 Å². The number of aryl methyl sites for hydroxylation is 1. The van der Waals surface area contributed by atoms with Crippen molar-refractivity contribution in [3.05, 3.63) is 17.5 Å². The fourth-order valence-electron chi connectivity index (χ4n) is 1.12. The van der Waals surface area contributed by atoms with Gasteiger partial charge in [-0.05, 0) is 6.42 Å². The van der Waals surface area contributed by atoms with Gasteiger partial charge in [-0.3, -0.25) is 9.89 Å². The molecule has 1 aromatic heterocycles. The molecule has 1 aromatic rings. The fourth-order valence-corrected chi connectivity index (χ4v) is 1.12. The van der Waals surface area contributed by atoms with Crippen molar-refractivity contribution in [3.63, 3.8) is 0 Å². The van der Waals surface area contributed by atoms with Gasteiger partial charge in [0.05, 0.1) is 11.8 Å². The quantitative estimate of drug-likeness (QED) is 0.612. The molecule has 54 valence electrons. The van der Waals surface area contributed by atoms with E-state index in [1.807, 2.05) is 0 Å². The molecular formula is C6H7ClN2O. The van der Waals surface area contributed by atoms with Crippen LogP contribution in [0.1, 0.15) is 22.5 Å². The topological polar surface area (TPSA) is 45.8 Å². The van der Waals surface area contributed by atoms with Crippen LogP contribution >= 0.6 is 12.4 Å². The van der Waals surface area contributed by atoms with Gasteiger partial charge in [0.1, 0.15) is 0 Å². The SMILES string of the molecule is Cl.O=C1CCc2[nH]ncc21. The Bertz CT molecular complexity index is 256. The molecule has 0 amide bonds. The standard InChI is InChI=1S/C6H6N2O.ClH/c9-6-2-1-5-4(6)3-7-8-5;/h3H,1-2H2,(H,7,8);1H. The van der Waals surface area contributed by atoms with E-state index in [2.05, 4.69) is 10.2 Å². The highest BCUT2D eigenvalue weighted by atomic mass is 35.5. The second-order valence-electron chi connectivity index (χ2n) is 2.19. The van der Waals surface area contributed by atoms with Crippen LogP contribution in [-0.4, -0.2) is 16.0 Å². The van der Waals surface area contributed by atoms with Gasteiger partial charge in [0.15, 0.2) is 5.78 Å². The van der Waals surface area contributed by atoms with Crippen LogP contribution in [0, 0.1) is 0 Å². The zero-order valence-corrected chi connectivity index (χ0v) is 6.07. The van der Waals surface area contributed by atoms with Crippen molar-refractivity contribution in [3.8, 4) is 0 Å². The molecule has 0 bridgehead atoms. The van der Waals surface area contributed by atoms with Crippen molar-refractivity contribution in [1.29, 1.82) is 0 Å². The van der Waals surface area contributed by atoms with E-state index in [0.29, 0.717) is 6.42 Å². The Kier molecular flexibility index (Phi) is 1.76. The molecule has 0 aromatic carbocycles. The molecule has 0 saturated heterocycles. The lowest BCUT2D eigenvalue weighted by atomic mass is 10.3. The number of rotatable bonds is 0. The molecule has 10 heavy (non-hydrogen) atoms. The van der Waals surface area contributed by atoms with Crippen molar-refractivity contribution in [2.75, 3.05) is 0 Å². The first-order valence-corrected chi connectivity index (χ1v) is 2.93. The fraction of sp³-hybridized carbons (Fsp3) is 0.333. The van der Waals surface area contributed by atoms with E-state index in [9.17, 15) is 4.79 Å². The Morgan fingerprint density at radius 1 is 1.50 bits per heavy atom. The largest absolute Gasteiger partial charge is 0.294 e. The number of nitrogens with zero attached hydrogens (tertiary/aromatic N) is 1. The lowest BCUT2D eigenvalue weighted by Crippen LogP contribution is -1.87. The third-order valence-corrected chi connectivity index (χ3v) is 1.62. The minimum absolute atomic E-state index is 0. The highest BCUT2D eigenvalue weighted by Gasteiger charge is 2.20. The second kappa shape index (κ2) is 2.42. The number of halogens is 1. The molecule has 3 nitrogen and oxygen atoms in total. The summed E-state index contributed by atoms with van der Waals surface area (Å²) in [7, 11) is 0. The Labute approximate surface area is 64.2 Å². The summed E-state index contributed by atoms with van der Waals surface area (Å²) in [6, 6.07) is 0. The third kappa shape index (κ3) is 0.827. The number of fused-ring (bicyclic) bond motifs is 1. The van der Waals surface area contributed by atoms with Crippen LogP contribution in [-0.2, 0) is 6.42 Å². The summed E-state index contributed by atoms with van der Waals surface area (Å²) in [5, 5.41) is 6.53. The number of aromatic nitrogens is 2. The molecule has 0 fully saturated rings. The van der Waals surface area contributed by atoms with E-state index in [4.69, 9.17) is 0 Å². The van der Waals surface area contributed by atoms with Crippen LogP contribution < -0.4 is 0 Å². The molecule has 2 rings (SSSR count). The molecule has 0 saturated carbocycles.